The van der Waals surface area contributed by atoms with E-state index in [-0.39, 0.29) is 5.41 Å². The van der Waals surface area contributed by atoms with Gasteiger partial charge in [-0.15, -0.1) is 0 Å². The molecule has 3 heterocycles. The Bertz CT molecular complexity index is 1650. The summed E-state index contributed by atoms with van der Waals surface area (Å²) < 4.78 is 8.66. The molecule has 0 radical (unpaired) electrons. The molecule has 0 aliphatic rings. The van der Waals surface area contributed by atoms with Crippen LogP contribution in [0.5, 0.6) is 0 Å². The van der Waals surface area contributed by atoms with E-state index in [0.717, 1.165) is 55.7 Å². The van der Waals surface area contributed by atoms with Gasteiger partial charge in [0.15, 0.2) is 0 Å². The second-order valence-corrected chi connectivity index (χ2v) is 9.62. The fourth-order valence-corrected chi connectivity index (χ4v) is 4.74. The lowest BCUT2D eigenvalue weighted by Gasteiger charge is -2.17. The van der Waals surface area contributed by atoms with E-state index in [4.69, 9.17) is 14.4 Å². The Hall–Kier alpha value is -3.92. The maximum absolute atomic E-state index is 6.43. The topological polar surface area (TPSA) is 43.9 Å². The molecule has 0 aliphatic carbocycles. The van der Waals surface area contributed by atoms with E-state index in [9.17, 15) is 0 Å². The van der Waals surface area contributed by atoms with Crippen molar-refractivity contribution in [3.8, 4) is 17.1 Å². The van der Waals surface area contributed by atoms with Gasteiger partial charge in [0.25, 0.3) is 0 Å². The Morgan fingerprint density at radius 1 is 0.848 bits per heavy atom. The third-order valence-corrected chi connectivity index (χ3v) is 6.27. The number of imidazole rings is 1. The number of rotatable bonds is 2. The highest BCUT2D eigenvalue weighted by molar-refractivity contribution is 6.11. The number of hydrogen-bond donors (Lipinski definition) is 0. The van der Waals surface area contributed by atoms with Crippen molar-refractivity contribution < 1.29 is 4.42 Å². The largest absolute Gasteiger partial charge is 0.455 e. The van der Waals surface area contributed by atoms with Crippen LogP contribution in [0.2, 0.25) is 0 Å². The van der Waals surface area contributed by atoms with E-state index < -0.39 is 0 Å². The number of fused-ring (bicyclic) bond motifs is 4. The molecule has 0 N–H and O–H groups in total. The van der Waals surface area contributed by atoms with Gasteiger partial charge in [0, 0.05) is 28.1 Å². The van der Waals surface area contributed by atoms with Crippen LogP contribution in [0.25, 0.3) is 50.0 Å². The van der Waals surface area contributed by atoms with Crippen LogP contribution in [0.3, 0.4) is 0 Å². The lowest BCUT2D eigenvalue weighted by atomic mass is 9.91. The zero-order chi connectivity index (χ0) is 22.7. The average Bonchev–Trinajstić information content (AvgIpc) is 3.38. The lowest BCUT2D eigenvalue weighted by Crippen LogP contribution is -2.14. The Kier molecular flexibility index (Phi) is 4.21. The molecule has 33 heavy (non-hydrogen) atoms. The molecular weight excluding hydrogens is 406 g/mol. The molecule has 4 heteroatoms. The molecule has 162 valence electrons. The number of aryl methyl sites for hydroxylation is 1. The average molecular weight is 432 g/mol. The molecule has 0 bridgehead atoms. The van der Waals surface area contributed by atoms with Crippen LogP contribution in [0, 0.1) is 6.92 Å². The van der Waals surface area contributed by atoms with Gasteiger partial charge in [0.05, 0.1) is 16.8 Å². The summed E-state index contributed by atoms with van der Waals surface area (Å²) in [7, 11) is 0. The first kappa shape index (κ1) is 19.7. The fraction of sp³-hybridized carbons (Fsp3) is 0.172. The maximum Gasteiger partial charge on any atom is 0.149 e. The smallest absolute Gasteiger partial charge is 0.149 e. The predicted molar refractivity (Wildman–Crippen MR) is 135 cm³/mol. The zero-order valence-electron chi connectivity index (χ0n) is 19.3. The minimum Gasteiger partial charge on any atom is -0.455 e. The molecule has 3 aromatic heterocycles. The van der Waals surface area contributed by atoms with Gasteiger partial charge in [-0.2, -0.15) is 0 Å². The van der Waals surface area contributed by atoms with Crippen LogP contribution in [-0.4, -0.2) is 14.5 Å². The Balaban J connectivity index is 1.77. The number of aromatic nitrogens is 3. The highest BCUT2D eigenvalue weighted by atomic mass is 16.3. The highest BCUT2D eigenvalue weighted by Gasteiger charge is 2.25. The van der Waals surface area contributed by atoms with E-state index in [2.05, 4.69) is 86.9 Å². The summed E-state index contributed by atoms with van der Waals surface area (Å²) in [4.78, 5) is 9.95. The predicted octanol–water partition coefficient (Wildman–Crippen LogP) is 7.59. The lowest BCUT2D eigenvalue weighted by molar-refractivity contribution is 0.574. The summed E-state index contributed by atoms with van der Waals surface area (Å²) in [6, 6.07) is 25.0. The van der Waals surface area contributed by atoms with Crippen molar-refractivity contribution in [3.63, 3.8) is 0 Å². The standard InChI is InChI=1S/C29H25N3O/c1-18-14-15-21(26-24(18)20-12-8-9-13-23(20)33-26)28-31-25-22(16-17-30-27(25)29(2,3)4)32(28)19-10-6-5-7-11-19/h5-17H,1-4H3. The summed E-state index contributed by atoms with van der Waals surface area (Å²) in [5.74, 6) is 0.860. The number of pyridine rings is 1. The van der Waals surface area contributed by atoms with Crippen LogP contribution in [0.4, 0.5) is 0 Å². The van der Waals surface area contributed by atoms with Gasteiger partial charge in [0.1, 0.15) is 22.5 Å². The summed E-state index contributed by atoms with van der Waals surface area (Å²) in [5.41, 5.74) is 7.82. The van der Waals surface area contributed by atoms with E-state index in [1.165, 1.54) is 5.56 Å². The van der Waals surface area contributed by atoms with Crippen molar-refractivity contribution in [3.05, 3.63) is 90.3 Å². The van der Waals surface area contributed by atoms with E-state index in [0.29, 0.717) is 0 Å². The Morgan fingerprint density at radius 3 is 2.39 bits per heavy atom. The Morgan fingerprint density at radius 2 is 1.61 bits per heavy atom. The van der Waals surface area contributed by atoms with E-state index >= 15 is 0 Å². The molecule has 6 aromatic rings. The maximum atomic E-state index is 6.43. The van der Waals surface area contributed by atoms with Crippen LogP contribution < -0.4 is 0 Å². The van der Waals surface area contributed by atoms with Gasteiger partial charge >= 0.3 is 0 Å². The van der Waals surface area contributed by atoms with Gasteiger partial charge in [-0.25, -0.2) is 4.98 Å². The van der Waals surface area contributed by atoms with Gasteiger partial charge in [-0.05, 0) is 42.8 Å². The quantitative estimate of drug-likeness (QED) is 0.284. The van der Waals surface area contributed by atoms with Crippen LogP contribution in [0.15, 0.2) is 83.4 Å². The number of nitrogens with zero attached hydrogens (tertiary/aromatic N) is 3. The number of hydrogen-bond acceptors (Lipinski definition) is 3. The van der Waals surface area contributed by atoms with Crippen LogP contribution in [-0.2, 0) is 5.41 Å². The van der Waals surface area contributed by atoms with Crippen LogP contribution in [0.1, 0.15) is 32.0 Å². The normalized spacial score (nSPS) is 12.2. The van der Waals surface area contributed by atoms with Crippen molar-refractivity contribution in [1.82, 2.24) is 14.5 Å². The molecule has 6 rings (SSSR count). The van der Waals surface area contributed by atoms with Gasteiger partial charge in [0.2, 0.25) is 0 Å². The molecule has 0 unspecified atom stereocenters. The molecule has 4 nitrogen and oxygen atoms in total. The molecule has 0 saturated carbocycles. The molecule has 0 amide bonds. The van der Waals surface area contributed by atoms with E-state index in [1.54, 1.807) is 0 Å². The van der Waals surface area contributed by atoms with Gasteiger partial charge in [-0.3, -0.25) is 9.55 Å². The molecule has 0 aliphatic heterocycles. The van der Waals surface area contributed by atoms with E-state index in [1.807, 2.05) is 24.4 Å². The molecule has 0 fully saturated rings. The van der Waals surface area contributed by atoms with Crippen molar-refractivity contribution >= 4 is 33.0 Å². The van der Waals surface area contributed by atoms with Gasteiger partial charge in [-0.1, -0.05) is 63.2 Å². The van der Waals surface area contributed by atoms with Crippen LogP contribution >= 0.6 is 0 Å². The summed E-state index contributed by atoms with van der Waals surface area (Å²) in [6.07, 6.45) is 1.89. The minimum atomic E-state index is -0.130. The van der Waals surface area contributed by atoms with Crippen molar-refractivity contribution in [2.75, 3.05) is 0 Å². The summed E-state index contributed by atoms with van der Waals surface area (Å²) in [6.45, 7) is 8.67. The fourth-order valence-electron chi connectivity index (χ4n) is 4.74. The second kappa shape index (κ2) is 7.04. The third kappa shape index (κ3) is 2.98. The first-order chi connectivity index (χ1) is 15.9. The summed E-state index contributed by atoms with van der Waals surface area (Å²) in [5, 5.41) is 2.27. The number of para-hydroxylation sites is 2. The highest BCUT2D eigenvalue weighted by Crippen LogP contribution is 2.40. The van der Waals surface area contributed by atoms with Gasteiger partial charge < -0.3 is 4.42 Å². The zero-order valence-corrected chi connectivity index (χ0v) is 19.3. The molecule has 0 saturated heterocycles. The van der Waals surface area contributed by atoms with Crippen molar-refractivity contribution in [1.29, 1.82) is 0 Å². The number of furan rings is 1. The first-order valence-corrected chi connectivity index (χ1v) is 11.3. The molecule has 0 spiro atoms. The number of benzene rings is 3. The van der Waals surface area contributed by atoms with Crippen molar-refractivity contribution in [2.45, 2.75) is 33.1 Å². The minimum absolute atomic E-state index is 0.130. The Labute approximate surface area is 192 Å². The second-order valence-electron chi connectivity index (χ2n) is 9.62. The first-order valence-electron chi connectivity index (χ1n) is 11.3. The molecular formula is C29H25N3O. The third-order valence-electron chi connectivity index (χ3n) is 6.27. The monoisotopic (exact) mass is 431 g/mol. The molecule has 3 aromatic carbocycles. The van der Waals surface area contributed by atoms with Crippen molar-refractivity contribution in [2.24, 2.45) is 0 Å². The summed E-state index contributed by atoms with van der Waals surface area (Å²) >= 11 is 0. The molecule has 0 atom stereocenters. The SMILES string of the molecule is Cc1ccc(-c2nc3c(C(C)(C)C)nccc3n2-c2ccccc2)c2oc3ccccc3c12.